The highest BCUT2D eigenvalue weighted by molar-refractivity contribution is 7.15. The van der Waals surface area contributed by atoms with E-state index in [1.165, 1.54) is 11.3 Å². The normalized spacial score (nSPS) is 12.4. The molecule has 5 nitrogen and oxygen atoms in total. The lowest BCUT2D eigenvalue weighted by atomic mass is 10.2. The Morgan fingerprint density at radius 3 is 2.62 bits per heavy atom. The zero-order chi connectivity index (χ0) is 12.1. The number of aryl methyl sites for hydroxylation is 1. The SMILES string of the molecule is CCc1nnc(N(CC)CC(C)C(=O)O)s1. The Morgan fingerprint density at radius 2 is 2.19 bits per heavy atom. The summed E-state index contributed by atoms with van der Waals surface area (Å²) < 4.78 is 0. The van der Waals surface area contributed by atoms with Gasteiger partial charge >= 0.3 is 5.97 Å². The van der Waals surface area contributed by atoms with Gasteiger partial charge in [-0.3, -0.25) is 4.79 Å². The Hall–Kier alpha value is -1.17. The van der Waals surface area contributed by atoms with Crippen LogP contribution in [0, 0.1) is 5.92 Å². The van der Waals surface area contributed by atoms with Crippen molar-refractivity contribution in [2.75, 3.05) is 18.0 Å². The van der Waals surface area contributed by atoms with Crippen LogP contribution in [0.25, 0.3) is 0 Å². The van der Waals surface area contributed by atoms with Crippen LogP contribution >= 0.6 is 11.3 Å². The molecule has 0 spiro atoms. The molecule has 1 unspecified atom stereocenters. The van der Waals surface area contributed by atoms with Crippen molar-refractivity contribution in [3.8, 4) is 0 Å². The summed E-state index contributed by atoms with van der Waals surface area (Å²) in [4.78, 5) is 12.7. The van der Waals surface area contributed by atoms with E-state index in [2.05, 4.69) is 10.2 Å². The van der Waals surface area contributed by atoms with Crippen LogP contribution in [0.5, 0.6) is 0 Å². The lowest BCUT2D eigenvalue weighted by Gasteiger charge is -2.21. The maximum absolute atomic E-state index is 10.8. The fraction of sp³-hybridized carbons (Fsp3) is 0.700. The van der Waals surface area contributed by atoms with E-state index in [0.29, 0.717) is 6.54 Å². The van der Waals surface area contributed by atoms with Crippen LogP contribution in [0.2, 0.25) is 0 Å². The number of carboxylic acids is 1. The first-order valence-corrected chi connectivity index (χ1v) is 6.20. The van der Waals surface area contributed by atoms with Crippen molar-refractivity contribution in [1.29, 1.82) is 0 Å². The van der Waals surface area contributed by atoms with Gasteiger partial charge in [0, 0.05) is 13.1 Å². The second kappa shape index (κ2) is 5.79. The van der Waals surface area contributed by atoms with Crippen LogP contribution < -0.4 is 4.90 Å². The van der Waals surface area contributed by atoms with Crippen LogP contribution in [-0.4, -0.2) is 34.4 Å². The first-order valence-electron chi connectivity index (χ1n) is 5.38. The molecule has 90 valence electrons. The topological polar surface area (TPSA) is 66.3 Å². The minimum atomic E-state index is -0.779. The highest BCUT2D eigenvalue weighted by Gasteiger charge is 2.18. The number of aromatic nitrogens is 2. The van der Waals surface area contributed by atoms with E-state index < -0.39 is 11.9 Å². The molecular weight excluding hydrogens is 226 g/mol. The van der Waals surface area contributed by atoms with E-state index in [1.54, 1.807) is 6.92 Å². The van der Waals surface area contributed by atoms with Crippen molar-refractivity contribution in [2.24, 2.45) is 5.92 Å². The van der Waals surface area contributed by atoms with Gasteiger partial charge in [-0.15, -0.1) is 10.2 Å². The van der Waals surface area contributed by atoms with Crippen molar-refractivity contribution < 1.29 is 9.90 Å². The predicted octanol–water partition coefficient (Wildman–Crippen LogP) is 1.65. The summed E-state index contributed by atoms with van der Waals surface area (Å²) in [6.07, 6.45) is 0.865. The van der Waals surface area contributed by atoms with E-state index in [1.807, 2.05) is 18.7 Å². The third-order valence-corrected chi connectivity index (χ3v) is 3.46. The zero-order valence-corrected chi connectivity index (χ0v) is 10.6. The fourth-order valence-electron chi connectivity index (χ4n) is 1.27. The standard InChI is InChI=1S/C10H17N3O2S/c1-4-8-11-12-10(16-8)13(5-2)6-7(3)9(14)15/h7H,4-6H2,1-3H3,(H,14,15). The number of carbonyl (C=O) groups is 1. The minimum Gasteiger partial charge on any atom is -0.481 e. The Morgan fingerprint density at radius 1 is 1.50 bits per heavy atom. The molecule has 0 saturated carbocycles. The number of nitrogens with zero attached hydrogens (tertiary/aromatic N) is 3. The number of aliphatic carboxylic acids is 1. The highest BCUT2D eigenvalue weighted by Crippen LogP contribution is 2.21. The Bertz CT molecular complexity index is 354. The molecule has 16 heavy (non-hydrogen) atoms. The van der Waals surface area contributed by atoms with Crippen molar-refractivity contribution in [2.45, 2.75) is 27.2 Å². The molecule has 1 heterocycles. The molecule has 1 N–H and O–H groups in total. The Labute approximate surface area is 99.1 Å². The average molecular weight is 243 g/mol. The van der Waals surface area contributed by atoms with E-state index in [-0.39, 0.29) is 0 Å². The zero-order valence-electron chi connectivity index (χ0n) is 9.80. The molecular formula is C10H17N3O2S. The summed E-state index contributed by atoms with van der Waals surface area (Å²) in [5, 5.41) is 18.8. The second-order valence-electron chi connectivity index (χ2n) is 3.61. The van der Waals surface area contributed by atoms with E-state index in [0.717, 1.165) is 23.1 Å². The summed E-state index contributed by atoms with van der Waals surface area (Å²) in [6.45, 7) is 6.94. The fourth-order valence-corrected chi connectivity index (χ4v) is 2.12. The Kier molecular flexibility index (Phi) is 4.67. The predicted molar refractivity (Wildman–Crippen MR) is 64.0 cm³/mol. The molecule has 0 saturated heterocycles. The van der Waals surface area contributed by atoms with E-state index in [4.69, 9.17) is 5.11 Å². The number of hydrogen-bond acceptors (Lipinski definition) is 5. The maximum atomic E-state index is 10.8. The third-order valence-electron chi connectivity index (χ3n) is 2.33. The van der Waals surface area contributed by atoms with Crippen LogP contribution in [0.15, 0.2) is 0 Å². The summed E-state index contributed by atoms with van der Waals surface area (Å²) in [5.74, 6) is -1.17. The molecule has 1 atom stereocenters. The average Bonchev–Trinajstić information content (AvgIpc) is 2.73. The van der Waals surface area contributed by atoms with Gasteiger partial charge in [0.1, 0.15) is 5.01 Å². The second-order valence-corrected chi connectivity index (χ2v) is 4.65. The first kappa shape index (κ1) is 12.9. The molecule has 0 aliphatic carbocycles. The number of anilines is 1. The highest BCUT2D eigenvalue weighted by atomic mass is 32.1. The molecule has 0 fully saturated rings. The molecule has 1 rings (SSSR count). The van der Waals surface area contributed by atoms with Gasteiger partial charge in [-0.05, 0) is 13.3 Å². The van der Waals surface area contributed by atoms with Crippen molar-refractivity contribution in [1.82, 2.24) is 10.2 Å². The van der Waals surface area contributed by atoms with Gasteiger partial charge in [-0.1, -0.05) is 25.2 Å². The van der Waals surface area contributed by atoms with Gasteiger partial charge in [0.25, 0.3) is 0 Å². The lowest BCUT2D eigenvalue weighted by Crippen LogP contribution is -2.31. The Balaban J connectivity index is 2.70. The van der Waals surface area contributed by atoms with Gasteiger partial charge in [0.05, 0.1) is 5.92 Å². The van der Waals surface area contributed by atoms with Crippen LogP contribution in [0.1, 0.15) is 25.8 Å². The van der Waals surface area contributed by atoms with Crippen LogP contribution in [0.4, 0.5) is 5.13 Å². The van der Waals surface area contributed by atoms with Gasteiger partial charge in [-0.25, -0.2) is 0 Å². The molecule has 0 aliphatic heterocycles. The molecule has 1 aromatic rings. The number of rotatable bonds is 6. The minimum absolute atomic E-state index is 0.395. The summed E-state index contributed by atoms with van der Waals surface area (Å²) in [5.41, 5.74) is 0. The van der Waals surface area contributed by atoms with E-state index >= 15 is 0 Å². The number of carboxylic acid groups (broad SMARTS) is 1. The van der Waals surface area contributed by atoms with Gasteiger partial charge in [-0.2, -0.15) is 0 Å². The van der Waals surface area contributed by atoms with Crippen molar-refractivity contribution in [3.63, 3.8) is 0 Å². The number of hydrogen-bond donors (Lipinski definition) is 1. The van der Waals surface area contributed by atoms with Crippen molar-refractivity contribution in [3.05, 3.63) is 5.01 Å². The smallest absolute Gasteiger partial charge is 0.308 e. The third kappa shape index (κ3) is 3.16. The first-order chi connectivity index (χ1) is 7.58. The van der Waals surface area contributed by atoms with E-state index in [9.17, 15) is 4.79 Å². The summed E-state index contributed by atoms with van der Waals surface area (Å²) in [6, 6.07) is 0. The van der Waals surface area contributed by atoms with Gasteiger partial charge < -0.3 is 10.0 Å². The largest absolute Gasteiger partial charge is 0.481 e. The molecule has 0 aromatic carbocycles. The summed E-state index contributed by atoms with van der Waals surface area (Å²) in [7, 11) is 0. The summed E-state index contributed by atoms with van der Waals surface area (Å²) >= 11 is 1.53. The quantitative estimate of drug-likeness (QED) is 0.823. The maximum Gasteiger partial charge on any atom is 0.308 e. The van der Waals surface area contributed by atoms with Gasteiger partial charge in [0.2, 0.25) is 5.13 Å². The molecule has 0 aliphatic rings. The lowest BCUT2D eigenvalue weighted by molar-refractivity contribution is -0.140. The van der Waals surface area contributed by atoms with Gasteiger partial charge in [0.15, 0.2) is 0 Å². The molecule has 1 aromatic heterocycles. The monoisotopic (exact) mass is 243 g/mol. The molecule has 0 radical (unpaired) electrons. The molecule has 0 bridgehead atoms. The van der Waals surface area contributed by atoms with Crippen LogP contribution in [-0.2, 0) is 11.2 Å². The molecule has 0 amide bonds. The molecule has 6 heteroatoms. The van der Waals surface area contributed by atoms with Crippen LogP contribution in [0.3, 0.4) is 0 Å². The van der Waals surface area contributed by atoms with Crippen molar-refractivity contribution >= 4 is 22.4 Å².